The van der Waals surface area contributed by atoms with E-state index in [-0.39, 0.29) is 50.0 Å². The predicted octanol–water partition coefficient (Wildman–Crippen LogP) is 1.91. The van der Waals surface area contributed by atoms with Crippen molar-refractivity contribution in [2.75, 3.05) is 31.8 Å². The van der Waals surface area contributed by atoms with Crippen molar-refractivity contribution in [1.29, 1.82) is 0 Å². The highest BCUT2D eigenvalue weighted by Gasteiger charge is 2.25. The molecule has 11 heteroatoms. The lowest BCUT2D eigenvalue weighted by atomic mass is 10.2. The van der Waals surface area contributed by atoms with Crippen LogP contribution in [0.2, 0.25) is 0 Å². The molecule has 1 saturated heterocycles. The molecule has 1 aromatic heterocycles. The Morgan fingerprint density at radius 1 is 1.15 bits per heavy atom. The maximum Gasteiger partial charge on any atom is 0.239 e. The van der Waals surface area contributed by atoms with Gasteiger partial charge in [0.15, 0.2) is 16.6 Å². The second-order valence-corrected chi connectivity index (χ2v) is 8.65. The Bertz CT molecular complexity index is 977. The number of benzene rings is 1. The minimum atomic E-state index is -0.289. The quantitative estimate of drug-likeness (QED) is 0.540. The number of nitrogens with zero attached hydrogens (tertiary/aromatic N) is 2. The number of ether oxygens (including phenoxy) is 3. The van der Waals surface area contributed by atoms with E-state index in [1.807, 2.05) is 12.1 Å². The largest absolute Gasteiger partial charge is 0.454 e. The van der Waals surface area contributed by atoms with E-state index in [0.29, 0.717) is 36.3 Å². The molecule has 33 heavy (non-hydrogen) atoms. The SMILES string of the molecule is O=C(CN(CC1CCCO1)C(=O)CCC(=O)Nc1nccs1)NCc1ccc2c(c1)OCO2. The summed E-state index contributed by atoms with van der Waals surface area (Å²) in [6.07, 6.45) is 3.28. The monoisotopic (exact) mass is 474 g/mol. The van der Waals surface area contributed by atoms with E-state index in [4.69, 9.17) is 14.2 Å². The summed E-state index contributed by atoms with van der Waals surface area (Å²) in [6.45, 7) is 1.36. The molecule has 0 aliphatic carbocycles. The Labute approximate surface area is 195 Å². The van der Waals surface area contributed by atoms with E-state index < -0.39 is 0 Å². The van der Waals surface area contributed by atoms with Gasteiger partial charge < -0.3 is 29.7 Å². The van der Waals surface area contributed by atoms with Crippen LogP contribution in [0.3, 0.4) is 0 Å². The molecular formula is C22H26N4O6S. The van der Waals surface area contributed by atoms with Gasteiger partial charge in [-0.1, -0.05) is 6.07 Å². The van der Waals surface area contributed by atoms with Gasteiger partial charge in [0, 0.05) is 44.1 Å². The first-order valence-corrected chi connectivity index (χ1v) is 11.7. The maximum absolute atomic E-state index is 12.8. The van der Waals surface area contributed by atoms with Crippen LogP contribution in [0.15, 0.2) is 29.8 Å². The van der Waals surface area contributed by atoms with Crippen LogP contribution in [-0.4, -0.2) is 60.2 Å². The zero-order chi connectivity index (χ0) is 23.0. The van der Waals surface area contributed by atoms with E-state index in [1.165, 1.54) is 16.2 Å². The number of hydrogen-bond donors (Lipinski definition) is 2. The average molecular weight is 475 g/mol. The van der Waals surface area contributed by atoms with Crippen LogP contribution in [0, 0.1) is 0 Å². The fourth-order valence-corrected chi connectivity index (χ4v) is 4.16. The molecule has 1 fully saturated rings. The fraction of sp³-hybridized carbons (Fsp3) is 0.455. The third-order valence-electron chi connectivity index (χ3n) is 5.31. The highest BCUT2D eigenvalue weighted by Crippen LogP contribution is 2.32. The highest BCUT2D eigenvalue weighted by atomic mass is 32.1. The molecule has 2 N–H and O–H groups in total. The second kappa shape index (κ2) is 11.1. The van der Waals surface area contributed by atoms with Gasteiger partial charge in [-0.05, 0) is 30.5 Å². The Morgan fingerprint density at radius 2 is 2.03 bits per heavy atom. The molecular weight excluding hydrogens is 448 g/mol. The minimum Gasteiger partial charge on any atom is -0.454 e. The van der Waals surface area contributed by atoms with Gasteiger partial charge in [0.2, 0.25) is 24.5 Å². The van der Waals surface area contributed by atoms with Crippen LogP contribution in [0.25, 0.3) is 0 Å². The number of amides is 3. The van der Waals surface area contributed by atoms with E-state index in [9.17, 15) is 14.4 Å². The van der Waals surface area contributed by atoms with E-state index in [2.05, 4.69) is 15.6 Å². The van der Waals surface area contributed by atoms with Crippen LogP contribution in [-0.2, 0) is 25.7 Å². The number of hydrogen-bond acceptors (Lipinski definition) is 8. The van der Waals surface area contributed by atoms with Crippen molar-refractivity contribution in [1.82, 2.24) is 15.2 Å². The third-order valence-corrected chi connectivity index (χ3v) is 5.99. The van der Waals surface area contributed by atoms with Gasteiger partial charge in [-0.15, -0.1) is 11.3 Å². The number of fused-ring (bicyclic) bond motifs is 1. The molecule has 176 valence electrons. The second-order valence-electron chi connectivity index (χ2n) is 7.76. The van der Waals surface area contributed by atoms with Crippen molar-refractivity contribution < 1.29 is 28.6 Å². The number of nitrogens with one attached hydrogen (secondary N) is 2. The molecule has 10 nitrogen and oxygen atoms in total. The highest BCUT2D eigenvalue weighted by molar-refractivity contribution is 7.13. The van der Waals surface area contributed by atoms with Crippen LogP contribution in [0.5, 0.6) is 11.5 Å². The van der Waals surface area contributed by atoms with Crippen molar-refractivity contribution in [3.8, 4) is 11.5 Å². The van der Waals surface area contributed by atoms with Crippen molar-refractivity contribution >= 4 is 34.2 Å². The summed E-state index contributed by atoms with van der Waals surface area (Å²) in [6, 6.07) is 5.47. The standard InChI is InChI=1S/C22H26N4O6S/c27-19(25-22-23-7-9-33-22)5-6-21(29)26(12-16-2-1-8-30-16)13-20(28)24-11-15-3-4-17-18(10-15)32-14-31-17/h3-4,7,9-10,16H,1-2,5-6,8,11-14H2,(H,24,28)(H,23,25,27). The van der Waals surface area contributed by atoms with E-state index >= 15 is 0 Å². The van der Waals surface area contributed by atoms with Crippen molar-refractivity contribution in [2.24, 2.45) is 0 Å². The molecule has 4 rings (SSSR count). The van der Waals surface area contributed by atoms with Crippen molar-refractivity contribution in [3.05, 3.63) is 35.3 Å². The first kappa shape index (κ1) is 23.0. The number of anilines is 1. The number of carbonyl (C=O) groups excluding carboxylic acids is 3. The lowest BCUT2D eigenvalue weighted by Gasteiger charge is -2.25. The zero-order valence-electron chi connectivity index (χ0n) is 18.1. The molecule has 3 heterocycles. The van der Waals surface area contributed by atoms with Gasteiger partial charge in [-0.3, -0.25) is 14.4 Å². The van der Waals surface area contributed by atoms with Crippen LogP contribution in [0.1, 0.15) is 31.2 Å². The molecule has 1 unspecified atom stereocenters. The van der Waals surface area contributed by atoms with Gasteiger partial charge in [0.1, 0.15) is 0 Å². The molecule has 2 aliphatic rings. The number of thiazole rings is 1. The molecule has 2 aromatic rings. The zero-order valence-corrected chi connectivity index (χ0v) is 18.9. The summed E-state index contributed by atoms with van der Waals surface area (Å²) in [4.78, 5) is 43.0. The number of rotatable bonds is 10. The van der Waals surface area contributed by atoms with Crippen LogP contribution < -0.4 is 20.1 Å². The summed E-state index contributed by atoms with van der Waals surface area (Å²) in [7, 11) is 0. The van der Waals surface area contributed by atoms with Crippen LogP contribution >= 0.6 is 11.3 Å². The number of carbonyl (C=O) groups is 3. The Morgan fingerprint density at radius 3 is 2.82 bits per heavy atom. The lowest BCUT2D eigenvalue weighted by Crippen LogP contribution is -2.44. The van der Waals surface area contributed by atoms with Gasteiger partial charge in [-0.2, -0.15) is 0 Å². The summed E-state index contributed by atoms with van der Waals surface area (Å²) in [5.41, 5.74) is 0.864. The predicted molar refractivity (Wildman–Crippen MR) is 120 cm³/mol. The molecule has 3 amide bonds. The van der Waals surface area contributed by atoms with E-state index in [0.717, 1.165) is 18.4 Å². The number of aromatic nitrogens is 1. The van der Waals surface area contributed by atoms with Crippen molar-refractivity contribution in [2.45, 2.75) is 38.3 Å². The molecule has 0 saturated carbocycles. The molecule has 0 spiro atoms. The maximum atomic E-state index is 12.8. The van der Waals surface area contributed by atoms with Crippen LogP contribution in [0.4, 0.5) is 5.13 Å². The Kier molecular flexibility index (Phi) is 7.74. The first-order chi connectivity index (χ1) is 16.1. The normalized spacial score (nSPS) is 16.4. The summed E-state index contributed by atoms with van der Waals surface area (Å²) >= 11 is 1.31. The smallest absolute Gasteiger partial charge is 0.239 e. The summed E-state index contributed by atoms with van der Waals surface area (Å²) in [5.74, 6) is 0.483. The van der Waals surface area contributed by atoms with Gasteiger partial charge in [0.05, 0.1) is 12.6 Å². The van der Waals surface area contributed by atoms with Crippen molar-refractivity contribution in [3.63, 3.8) is 0 Å². The fourth-order valence-electron chi connectivity index (χ4n) is 3.62. The summed E-state index contributed by atoms with van der Waals surface area (Å²) in [5, 5.41) is 7.75. The summed E-state index contributed by atoms with van der Waals surface area (Å²) < 4.78 is 16.3. The lowest BCUT2D eigenvalue weighted by molar-refractivity contribution is -0.138. The van der Waals surface area contributed by atoms with Gasteiger partial charge >= 0.3 is 0 Å². The topological polar surface area (TPSA) is 119 Å². The molecule has 0 bridgehead atoms. The van der Waals surface area contributed by atoms with Gasteiger partial charge in [-0.25, -0.2) is 4.98 Å². The molecule has 1 aromatic carbocycles. The van der Waals surface area contributed by atoms with Gasteiger partial charge in [0.25, 0.3) is 0 Å². The Balaban J connectivity index is 1.28. The minimum absolute atomic E-state index is 0.000625. The Hall–Kier alpha value is -3.18. The molecule has 2 aliphatic heterocycles. The van der Waals surface area contributed by atoms with E-state index in [1.54, 1.807) is 17.6 Å². The molecule has 1 atom stereocenters. The third kappa shape index (κ3) is 6.65. The molecule has 0 radical (unpaired) electrons. The average Bonchev–Trinajstić information content (AvgIpc) is 3.58. The first-order valence-electron chi connectivity index (χ1n) is 10.8.